The van der Waals surface area contributed by atoms with Gasteiger partial charge >= 0.3 is 0 Å². The van der Waals surface area contributed by atoms with Crippen molar-refractivity contribution < 1.29 is 0 Å². The standard InChI is InChI=1S/C63H42N6/c1-7-19-41(20-8-1)49-35-52(42-21-9-2-10-22-42)64-59(38-49)69-57-36-50(62-65-53(43-23-11-3-12-24-43)39-54(66-62)44-25-13-4-14-26-44)33-47-31-32-48-34-51(37-58(69)61(48)60(47)57)63-67-55(45-27-15-5-16-28-45)40-56(68-63)46-29-17-6-18-30-46/h1-30,33-40H,31-32H2. The van der Waals surface area contributed by atoms with Gasteiger partial charge in [-0.1, -0.05) is 182 Å². The SMILES string of the molecule is c1ccc(-c2cc(-c3ccccc3)nc(-n3c4cc(-c5nc(-c6ccccc6)cc(-c6ccccc6)n5)cc5c4c4c(cc(-c6nc(-c7ccccc7)cc(-c7ccccc7)n6)cc43)CC5)c2)cc1. The lowest BCUT2D eigenvalue weighted by Gasteiger charge is -2.16. The summed E-state index contributed by atoms with van der Waals surface area (Å²) in [6.07, 6.45) is 1.69. The van der Waals surface area contributed by atoms with Gasteiger partial charge in [0.2, 0.25) is 0 Å². The third-order valence-electron chi connectivity index (χ3n) is 13.3. The minimum absolute atomic E-state index is 0.673. The molecule has 0 fully saturated rings. The third kappa shape index (κ3) is 7.45. The van der Waals surface area contributed by atoms with Crippen LogP contribution in [0.1, 0.15) is 11.1 Å². The minimum atomic E-state index is 0.673. The van der Waals surface area contributed by atoms with Crippen LogP contribution in [-0.2, 0) is 12.8 Å². The lowest BCUT2D eigenvalue weighted by molar-refractivity contribution is 0.968. The number of aryl methyl sites for hydroxylation is 2. The average molecular weight is 883 g/mol. The molecule has 4 aromatic heterocycles. The maximum absolute atomic E-state index is 5.57. The Labute approximate surface area is 400 Å². The molecular weight excluding hydrogens is 841 g/mol. The monoisotopic (exact) mass is 882 g/mol. The van der Waals surface area contributed by atoms with Crippen molar-refractivity contribution in [1.82, 2.24) is 29.5 Å². The van der Waals surface area contributed by atoms with Gasteiger partial charge < -0.3 is 0 Å². The normalized spacial score (nSPS) is 11.9. The fraction of sp³-hybridized carbons (Fsp3) is 0.0317. The van der Waals surface area contributed by atoms with Gasteiger partial charge in [0.1, 0.15) is 5.82 Å². The van der Waals surface area contributed by atoms with Gasteiger partial charge in [-0.2, -0.15) is 0 Å². The molecule has 69 heavy (non-hydrogen) atoms. The number of rotatable bonds is 9. The number of nitrogens with zero attached hydrogens (tertiary/aromatic N) is 6. The zero-order valence-corrected chi connectivity index (χ0v) is 37.5. The Balaban J connectivity index is 1.11. The Morgan fingerprint density at radius 2 is 0.580 bits per heavy atom. The molecule has 0 unspecified atom stereocenters. The Morgan fingerprint density at radius 1 is 0.261 bits per heavy atom. The topological polar surface area (TPSA) is 69.4 Å². The summed E-state index contributed by atoms with van der Waals surface area (Å²) in [6.45, 7) is 0. The highest BCUT2D eigenvalue weighted by Crippen LogP contribution is 2.44. The van der Waals surface area contributed by atoms with Crippen molar-refractivity contribution in [2.24, 2.45) is 0 Å². The van der Waals surface area contributed by atoms with Crippen LogP contribution >= 0.6 is 0 Å². The van der Waals surface area contributed by atoms with Gasteiger partial charge in [-0.15, -0.1) is 0 Å². The fourth-order valence-electron chi connectivity index (χ4n) is 9.96. The van der Waals surface area contributed by atoms with Crippen molar-refractivity contribution in [3.63, 3.8) is 0 Å². The molecule has 0 bridgehead atoms. The Bertz CT molecular complexity index is 3490. The van der Waals surface area contributed by atoms with E-state index < -0.39 is 0 Å². The second kappa shape index (κ2) is 16.9. The second-order valence-corrected chi connectivity index (χ2v) is 17.6. The van der Waals surface area contributed by atoms with Gasteiger partial charge in [-0.25, -0.2) is 24.9 Å². The van der Waals surface area contributed by atoms with Gasteiger partial charge in [0, 0.05) is 49.7 Å². The van der Waals surface area contributed by atoms with Crippen LogP contribution in [0.25, 0.3) is 118 Å². The molecule has 0 amide bonds. The molecule has 6 heteroatoms. The molecule has 0 N–H and O–H groups in total. The van der Waals surface area contributed by atoms with Gasteiger partial charge in [0.05, 0.1) is 39.5 Å². The molecule has 0 aliphatic heterocycles. The molecule has 8 aromatic carbocycles. The van der Waals surface area contributed by atoms with E-state index in [1.807, 2.05) is 24.3 Å². The van der Waals surface area contributed by atoms with Crippen molar-refractivity contribution in [2.45, 2.75) is 12.8 Å². The Morgan fingerprint density at radius 3 is 0.928 bits per heavy atom. The largest absolute Gasteiger partial charge is 0.294 e. The van der Waals surface area contributed by atoms with Crippen LogP contribution in [0.4, 0.5) is 0 Å². The van der Waals surface area contributed by atoms with Crippen molar-refractivity contribution in [3.8, 4) is 96.0 Å². The van der Waals surface area contributed by atoms with Crippen LogP contribution in [-0.4, -0.2) is 29.5 Å². The van der Waals surface area contributed by atoms with Gasteiger partial charge in [0.15, 0.2) is 11.6 Å². The molecule has 0 saturated heterocycles. The Hall–Kier alpha value is -9.13. The van der Waals surface area contributed by atoms with Crippen molar-refractivity contribution >= 4 is 21.8 Å². The molecule has 4 heterocycles. The molecule has 0 saturated carbocycles. The summed E-state index contributed by atoms with van der Waals surface area (Å²) in [5, 5.41) is 2.45. The first-order valence-corrected chi connectivity index (χ1v) is 23.4. The predicted octanol–water partition coefficient (Wildman–Crippen LogP) is 15.2. The maximum atomic E-state index is 5.57. The van der Waals surface area contributed by atoms with E-state index in [0.29, 0.717) is 11.6 Å². The van der Waals surface area contributed by atoms with Crippen molar-refractivity contribution in [3.05, 3.63) is 242 Å². The van der Waals surface area contributed by atoms with Gasteiger partial charge in [-0.05, 0) is 83.6 Å². The molecular formula is C63H42N6. The molecule has 324 valence electrons. The van der Waals surface area contributed by atoms with E-state index in [-0.39, 0.29) is 0 Å². The summed E-state index contributed by atoms with van der Waals surface area (Å²) in [5.41, 5.74) is 18.3. The second-order valence-electron chi connectivity index (χ2n) is 17.6. The molecule has 0 radical (unpaired) electrons. The molecule has 1 aliphatic rings. The molecule has 6 nitrogen and oxygen atoms in total. The van der Waals surface area contributed by atoms with Crippen LogP contribution in [0.5, 0.6) is 0 Å². The summed E-state index contributed by atoms with van der Waals surface area (Å²) < 4.78 is 2.37. The van der Waals surface area contributed by atoms with E-state index >= 15 is 0 Å². The molecule has 12 aromatic rings. The van der Waals surface area contributed by atoms with Crippen LogP contribution in [0.15, 0.2) is 231 Å². The first kappa shape index (κ1) is 40.2. The number of hydrogen-bond donors (Lipinski definition) is 0. The highest BCUT2D eigenvalue weighted by atomic mass is 15.1. The van der Waals surface area contributed by atoms with E-state index in [0.717, 1.165) is 108 Å². The summed E-state index contributed by atoms with van der Waals surface area (Å²) >= 11 is 0. The third-order valence-corrected chi connectivity index (χ3v) is 13.3. The van der Waals surface area contributed by atoms with Gasteiger partial charge in [-0.3, -0.25) is 4.57 Å². The average Bonchev–Trinajstić information content (AvgIpc) is 3.78. The lowest BCUT2D eigenvalue weighted by atomic mass is 9.88. The summed E-state index contributed by atoms with van der Waals surface area (Å²) in [6, 6.07) is 80.5. The zero-order chi connectivity index (χ0) is 45.7. The molecule has 0 atom stereocenters. The summed E-state index contributed by atoms with van der Waals surface area (Å²) in [7, 11) is 0. The van der Waals surface area contributed by atoms with Crippen LogP contribution in [0, 0.1) is 0 Å². The first-order chi connectivity index (χ1) is 34.2. The van der Waals surface area contributed by atoms with Crippen molar-refractivity contribution in [2.75, 3.05) is 0 Å². The minimum Gasteiger partial charge on any atom is -0.294 e. The van der Waals surface area contributed by atoms with Crippen LogP contribution in [0.2, 0.25) is 0 Å². The number of benzene rings is 8. The van der Waals surface area contributed by atoms with Gasteiger partial charge in [0.25, 0.3) is 0 Å². The zero-order valence-electron chi connectivity index (χ0n) is 37.5. The van der Waals surface area contributed by atoms with Crippen LogP contribution < -0.4 is 0 Å². The number of hydrogen-bond acceptors (Lipinski definition) is 5. The van der Waals surface area contributed by atoms with E-state index in [4.69, 9.17) is 24.9 Å². The van der Waals surface area contributed by atoms with E-state index in [1.54, 1.807) is 0 Å². The highest BCUT2D eigenvalue weighted by molar-refractivity contribution is 6.15. The van der Waals surface area contributed by atoms with E-state index in [1.165, 1.54) is 21.9 Å². The molecule has 13 rings (SSSR count). The number of pyridine rings is 1. The summed E-state index contributed by atoms with van der Waals surface area (Å²) in [4.78, 5) is 26.9. The predicted molar refractivity (Wildman–Crippen MR) is 281 cm³/mol. The first-order valence-electron chi connectivity index (χ1n) is 23.4. The molecule has 1 aliphatic carbocycles. The lowest BCUT2D eigenvalue weighted by Crippen LogP contribution is -2.02. The molecule has 0 spiro atoms. The van der Waals surface area contributed by atoms with E-state index in [2.05, 4.69) is 211 Å². The van der Waals surface area contributed by atoms with Crippen LogP contribution in [0.3, 0.4) is 0 Å². The summed E-state index contributed by atoms with van der Waals surface area (Å²) in [5.74, 6) is 2.16. The Kier molecular flexibility index (Phi) is 9.86. The maximum Gasteiger partial charge on any atom is 0.160 e. The fourth-order valence-corrected chi connectivity index (χ4v) is 9.96. The van der Waals surface area contributed by atoms with E-state index in [9.17, 15) is 0 Å². The smallest absolute Gasteiger partial charge is 0.160 e. The highest BCUT2D eigenvalue weighted by Gasteiger charge is 2.26. The quantitative estimate of drug-likeness (QED) is 0.144. The number of aromatic nitrogens is 6. The van der Waals surface area contributed by atoms with Crippen molar-refractivity contribution in [1.29, 1.82) is 0 Å².